The zero-order valence-electron chi connectivity index (χ0n) is 11.3. The third-order valence-electron chi connectivity index (χ3n) is 4.04. The second-order valence-corrected chi connectivity index (χ2v) is 7.13. The van der Waals surface area contributed by atoms with E-state index in [-0.39, 0.29) is 0 Å². The van der Waals surface area contributed by atoms with Crippen LogP contribution in [0.3, 0.4) is 0 Å². The number of rotatable bonds is 4. The van der Waals surface area contributed by atoms with Gasteiger partial charge in [0.25, 0.3) is 0 Å². The number of thiophene rings is 1. The Morgan fingerprint density at radius 2 is 2.14 bits per heavy atom. The number of nitrogens with zero attached hydrogens (tertiary/aromatic N) is 4. The largest absolute Gasteiger partial charge is 0.481 e. The quantitative estimate of drug-likeness (QED) is 0.933. The summed E-state index contributed by atoms with van der Waals surface area (Å²) in [5.74, 6) is -0.175. The second kappa shape index (κ2) is 5.73. The molecule has 0 aliphatic heterocycles. The molecule has 0 bridgehead atoms. The predicted octanol–water partition coefficient (Wildman–Crippen LogP) is 3.09. The molecule has 0 saturated heterocycles. The highest BCUT2D eigenvalue weighted by atomic mass is 35.5. The lowest BCUT2D eigenvalue weighted by atomic mass is 9.74. The SMILES string of the molecule is O=C(O)C1(Cn2nnnc2-c2ccc(Cl)s2)CCCCC1. The fraction of sp³-hybridized carbons (Fsp3) is 0.538. The Bertz CT molecular complexity index is 648. The van der Waals surface area contributed by atoms with Crippen LogP contribution in [0.15, 0.2) is 12.1 Å². The van der Waals surface area contributed by atoms with Gasteiger partial charge in [-0.25, -0.2) is 4.68 Å². The average Bonchev–Trinajstić information content (AvgIpc) is 3.08. The second-order valence-electron chi connectivity index (χ2n) is 5.41. The van der Waals surface area contributed by atoms with Gasteiger partial charge in [-0.2, -0.15) is 0 Å². The van der Waals surface area contributed by atoms with Crippen LogP contribution in [0, 0.1) is 5.41 Å². The number of aromatic nitrogens is 4. The number of aliphatic carboxylic acids is 1. The number of tetrazole rings is 1. The van der Waals surface area contributed by atoms with Gasteiger partial charge >= 0.3 is 5.97 Å². The van der Waals surface area contributed by atoms with Gasteiger partial charge in [-0.1, -0.05) is 30.9 Å². The molecule has 2 aromatic heterocycles. The van der Waals surface area contributed by atoms with Crippen LogP contribution in [0.4, 0.5) is 0 Å². The van der Waals surface area contributed by atoms with Crippen LogP contribution in [-0.2, 0) is 11.3 Å². The third kappa shape index (κ3) is 2.80. The summed E-state index contributed by atoms with van der Waals surface area (Å²) in [5, 5.41) is 21.3. The highest BCUT2D eigenvalue weighted by Gasteiger charge is 2.41. The predicted molar refractivity (Wildman–Crippen MR) is 79.3 cm³/mol. The maximum atomic E-state index is 11.8. The smallest absolute Gasteiger partial charge is 0.311 e. The van der Waals surface area contributed by atoms with Crippen molar-refractivity contribution in [3.05, 3.63) is 16.5 Å². The molecule has 3 rings (SSSR count). The first-order valence-electron chi connectivity index (χ1n) is 6.86. The van der Waals surface area contributed by atoms with Gasteiger partial charge in [-0.3, -0.25) is 4.79 Å². The third-order valence-corrected chi connectivity index (χ3v) is 5.27. The maximum absolute atomic E-state index is 11.8. The van der Waals surface area contributed by atoms with E-state index in [1.54, 1.807) is 10.7 Å². The summed E-state index contributed by atoms with van der Waals surface area (Å²) < 4.78 is 2.26. The first kappa shape index (κ1) is 14.5. The van der Waals surface area contributed by atoms with Crippen LogP contribution in [0.1, 0.15) is 32.1 Å². The molecule has 0 spiro atoms. The molecule has 21 heavy (non-hydrogen) atoms. The summed E-state index contributed by atoms with van der Waals surface area (Å²) >= 11 is 7.33. The molecule has 112 valence electrons. The molecular weight excluding hydrogens is 312 g/mol. The Hall–Kier alpha value is -1.47. The van der Waals surface area contributed by atoms with E-state index in [9.17, 15) is 9.90 Å². The summed E-state index contributed by atoms with van der Waals surface area (Å²) in [5.41, 5.74) is -0.760. The van der Waals surface area contributed by atoms with E-state index in [0.29, 0.717) is 29.5 Å². The van der Waals surface area contributed by atoms with Crippen LogP contribution in [0.2, 0.25) is 4.34 Å². The van der Waals surface area contributed by atoms with E-state index < -0.39 is 11.4 Å². The van der Waals surface area contributed by atoms with E-state index in [1.165, 1.54) is 11.3 Å². The van der Waals surface area contributed by atoms with Crippen molar-refractivity contribution in [3.8, 4) is 10.7 Å². The van der Waals surface area contributed by atoms with E-state index in [4.69, 9.17) is 11.6 Å². The number of halogens is 1. The molecule has 0 unspecified atom stereocenters. The van der Waals surface area contributed by atoms with Gasteiger partial charge < -0.3 is 5.11 Å². The number of carboxylic acids is 1. The van der Waals surface area contributed by atoms with Gasteiger partial charge in [0.2, 0.25) is 0 Å². The molecule has 1 fully saturated rings. The average molecular weight is 327 g/mol. The standard InChI is InChI=1S/C13H15ClN4O2S/c14-10-5-4-9(21-10)11-15-16-17-18(11)8-13(12(19)20)6-2-1-3-7-13/h4-5H,1-3,6-8H2,(H,19,20). The van der Waals surface area contributed by atoms with Crippen LogP contribution >= 0.6 is 22.9 Å². The molecule has 1 saturated carbocycles. The summed E-state index contributed by atoms with van der Waals surface area (Å²) in [4.78, 5) is 12.6. The van der Waals surface area contributed by atoms with E-state index in [2.05, 4.69) is 15.5 Å². The number of carbonyl (C=O) groups is 1. The lowest BCUT2D eigenvalue weighted by Crippen LogP contribution is -2.38. The molecule has 8 heteroatoms. The Balaban J connectivity index is 1.91. The summed E-state index contributed by atoms with van der Waals surface area (Å²) in [6.45, 7) is 0.306. The van der Waals surface area contributed by atoms with E-state index in [0.717, 1.165) is 24.1 Å². The van der Waals surface area contributed by atoms with Crippen molar-refractivity contribution in [1.29, 1.82) is 0 Å². The lowest BCUT2D eigenvalue weighted by Gasteiger charge is -2.32. The molecule has 0 radical (unpaired) electrons. The molecule has 1 N–H and O–H groups in total. The van der Waals surface area contributed by atoms with Gasteiger partial charge in [0.15, 0.2) is 5.82 Å². The minimum absolute atomic E-state index is 0.306. The number of hydrogen-bond acceptors (Lipinski definition) is 5. The molecule has 1 aliphatic rings. The zero-order chi connectivity index (χ0) is 14.9. The van der Waals surface area contributed by atoms with Crippen LogP contribution in [0.25, 0.3) is 10.7 Å². The highest BCUT2D eigenvalue weighted by Crippen LogP contribution is 2.39. The summed E-state index contributed by atoms with van der Waals surface area (Å²) in [6, 6.07) is 3.64. The van der Waals surface area contributed by atoms with Crippen molar-refractivity contribution in [3.63, 3.8) is 0 Å². The number of hydrogen-bond donors (Lipinski definition) is 1. The normalized spacial score (nSPS) is 17.8. The van der Waals surface area contributed by atoms with E-state index >= 15 is 0 Å². The minimum Gasteiger partial charge on any atom is -0.481 e. The summed E-state index contributed by atoms with van der Waals surface area (Å²) in [6.07, 6.45) is 4.32. The van der Waals surface area contributed by atoms with Gasteiger partial charge in [-0.15, -0.1) is 16.4 Å². The zero-order valence-corrected chi connectivity index (χ0v) is 12.9. The molecule has 1 aliphatic carbocycles. The van der Waals surface area contributed by atoms with Crippen molar-refractivity contribution < 1.29 is 9.90 Å². The molecule has 0 amide bonds. The van der Waals surface area contributed by atoms with Gasteiger partial charge in [0, 0.05) is 0 Å². The molecule has 2 heterocycles. The van der Waals surface area contributed by atoms with Gasteiger partial charge in [-0.05, 0) is 35.4 Å². The van der Waals surface area contributed by atoms with Crippen molar-refractivity contribution in [2.45, 2.75) is 38.6 Å². The Morgan fingerprint density at radius 3 is 2.76 bits per heavy atom. The van der Waals surface area contributed by atoms with Crippen LogP contribution in [-0.4, -0.2) is 31.3 Å². The van der Waals surface area contributed by atoms with Gasteiger partial charge in [0.1, 0.15) is 0 Å². The molecular formula is C13H15ClN4O2S. The highest BCUT2D eigenvalue weighted by molar-refractivity contribution is 7.19. The van der Waals surface area contributed by atoms with Gasteiger partial charge in [0.05, 0.1) is 21.2 Å². The Labute approximate surface area is 130 Å². The fourth-order valence-electron chi connectivity index (χ4n) is 2.88. The first-order valence-corrected chi connectivity index (χ1v) is 8.05. The van der Waals surface area contributed by atoms with E-state index in [1.807, 2.05) is 6.07 Å². The molecule has 2 aromatic rings. The summed E-state index contributed by atoms with van der Waals surface area (Å²) in [7, 11) is 0. The monoisotopic (exact) mass is 326 g/mol. The fourth-order valence-corrected chi connectivity index (χ4v) is 3.91. The first-order chi connectivity index (χ1) is 10.1. The molecule has 6 nitrogen and oxygen atoms in total. The van der Waals surface area contributed by atoms with Crippen molar-refractivity contribution in [1.82, 2.24) is 20.2 Å². The molecule has 0 aromatic carbocycles. The minimum atomic E-state index is -0.760. The van der Waals surface area contributed by atoms with Crippen LogP contribution < -0.4 is 0 Å². The molecule has 0 atom stereocenters. The van der Waals surface area contributed by atoms with Crippen molar-refractivity contribution in [2.75, 3.05) is 0 Å². The van der Waals surface area contributed by atoms with Crippen molar-refractivity contribution >= 4 is 28.9 Å². The topological polar surface area (TPSA) is 80.9 Å². The Kier molecular flexibility index (Phi) is 3.95. The number of carboxylic acid groups (broad SMARTS) is 1. The van der Waals surface area contributed by atoms with Crippen molar-refractivity contribution in [2.24, 2.45) is 5.41 Å². The van der Waals surface area contributed by atoms with Crippen LogP contribution in [0.5, 0.6) is 0 Å². The Morgan fingerprint density at radius 1 is 1.38 bits per heavy atom. The maximum Gasteiger partial charge on any atom is 0.311 e. The lowest BCUT2D eigenvalue weighted by molar-refractivity contribution is -0.152.